The zero-order chi connectivity index (χ0) is 16.3. The van der Waals surface area contributed by atoms with Gasteiger partial charge in [-0.15, -0.1) is 12.4 Å². The van der Waals surface area contributed by atoms with Gasteiger partial charge in [-0.2, -0.15) is 0 Å². The lowest BCUT2D eigenvalue weighted by molar-refractivity contribution is -0.124. The number of rotatable bonds is 6. The molecule has 2 unspecified atom stereocenters. The topological polar surface area (TPSA) is 86.7 Å². The molecule has 1 aromatic heterocycles. The Kier molecular flexibility index (Phi) is 6.87. The third-order valence-electron chi connectivity index (χ3n) is 3.62. The number of methoxy groups -OCH3 is 2. The van der Waals surface area contributed by atoms with E-state index in [1.807, 2.05) is 32.0 Å². The summed E-state index contributed by atoms with van der Waals surface area (Å²) in [6.45, 7) is 3.99. The fourth-order valence-corrected chi connectivity index (χ4v) is 2.40. The van der Waals surface area contributed by atoms with Gasteiger partial charge < -0.3 is 24.9 Å². The summed E-state index contributed by atoms with van der Waals surface area (Å²) in [5, 5.41) is 3.81. The van der Waals surface area contributed by atoms with Crippen molar-refractivity contribution in [2.45, 2.75) is 25.9 Å². The van der Waals surface area contributed by atoms with E-state index in [2.05, 4.69) is 5.32 Å². The Balaban J connectivity index is 0.00000264. The highest BCUT2D eigenvalue weighted by Crippen LogP contribution is 2.31. The molecule has 0 fully saturated rings. The summed E-state index contributed by atoms with van der Waals surface area (Å²) in [7, 11) is 3.13. The molecule has 2 atom stereocenters. The Morgan fingerprint density at radius 1 is 1.39 bits per heavy atom. The molecule has 0 aliphatic carbocycles. The minimum atomic E-state index is -0.697. The van der Waals surface area contributed by atoms with Gasteiger partial charge in [-0.25, -0.2) is 0 Å². The molecule has 0 aliphatic heterocycles. The first-order chi connectivity index (χ1) is 10.5. The molecule has 1 amide bonds. The van der Waals surface area contributed by atoms with Crippen LogP contribution in [0.25, 0.3) is 11.0 Å². The van der Waals surface area contributed by atoms with E-state index in [1.54, 1.807) is 7.11 Å². The maximum atomic E-state index is 12.0. The number of benzene rings is 1. The van der Waals surface area contributed by atoms with Gasteiger partial charge in [0.25, 0.3) is 0 Å². The van der Waals surface area contributed by atoms with Crippen LogP contribution in [0.15, 0.2) is 22.6 Å². The number of halogens is 1. The Morgan fingerprint density at radius 3 is 2.70 bits per heavy atom. The van der Waals surface area contributed by atoms with E-state index in [1.165, 1.54) is 7.11 Å². The standard InChI is InChI=1S/C16H22N2O4.ClH/c1-9-12-7-11(21-4)5-6-14(12)22-15(9)10(2)18-16(19)13(17)8-20-3;/h5-7,10,13H,8,17H2,1-4H3,(H,18,19);1H. The zero-order valence-electron chi connectivity index (χ0n) is 13.7. The van der Waals surface area contributed by atoms with Crippen LogP contribution >= 0.6 is 12.4 Å². The first kappa shape index (κ1) is 19.3. The molecule has 1 aromatic carbocycles. The summed E-state index contributed by atoms with van der Waals surface area (Å²) in [6.07, 6.45) is 0. The fraction of sp³-hybridized carbons (Fsp3) is 0.438. The fourth-order valence-electron chi connectivity index (χ4n) is 2.40. The molecule has 2 aromatic rings. The molecule has 0 saturated heterocycles. The van der Waals surface area contributed by atoms with Gasteiger partial charge in [-0.05, 0) is 32.0 Å². The van der Waals surface area contributed by atoms with Crippen molar-refractivity contribution in [3.63, 3.8) is 0 Å². The van der Waals surface area contributed by atoms with Gasteiger partial charge in [0.15, 0.2) is 0 Å². The SMILES string of the molecule is COCC(N)C(=O)NC(C)c1oc2ccc(OC)cc2c1C.Cl. The van der Waals surface area contributed by atoms with E-state index in [0.717, 1.165) is 22.3 Å². The zero-order valence-corrected chi connectivity index (χ0v) is 14.5. The van der Waals surface area contributed by atoms with Crippen LogP contribution in [0.4, 0.5) is 0 Å². The Hall–Kier alpha value is -1.76. The molecule has 7 heteroatoms. The van der Waals surface area contributed by atoms with Gasteiger partial charge in [0.05, 0.1) is 19.8 Å². The molecule has 23 heavy (non-hydrogen) atoms. The molecular formula is C16H23ClN2O4. The Labute approximate surface area is 141 Å². The monoisotopic (exact) mass is 342 g/mol. The number of amides is 1. The van der Waals surface area contributed by atoms with Crippen molar-refractivity contribution in [1.29, 1.82) is 0 Å². The predicted molar refractivity (Wildman–Crippen MR) is 91.2 cm³/mol. The number of hydrogen-bond acceptors (Lipinski definition) is 5. The number of ether oxygens (including phenoxy) is 2. The summed E-state index contributed by atoms with van der Waals surface area (Å²) in [6, 6.07) is 4.64. The third-order valence-corrected chi connectivity index (χ3v) is 3.62. The number of carbonyl (C=O) groups excluding carboxylic acids is 1. The lowest BCUT2D eigenvalue weighted by atomic mass is 10.1. The molecule has 3 N–H and O–H groups in total. The van der Waals surface area contributed by atoms with Crippen LogP contribution in [-0.4, -0.2) is 32.8 Å². The summed E-state index contributed by atoms with van der Waals surface area (Å²) >= 11 is 0. The van der Waals surface area contributed by atoms with Crippen LogP contribution in [0.5, 0.6) is 5.75 Å². The normalized spacial score (nSPS) is 13.3. The summed E-state index contributed by atoms with van der Waals surface area (Å²) < 4.78 is 16.0. The van der Waals surface area contributed by atoms with E-state index in [9.17, 15) is 4.79 Å². The van der Waals surface area contributed by atoms with Gasteiger partial charge in [-0.1, -0.05) is 0 Å². The van der Waals surface area contributed by atoms with Gasteiger partial charge in [-0.3, -0.25) is 4.79 Å². The second kappa shape index (κ2) is 8.19. The Bertz CT molecular complexity index is 671. The number of fused-ring (bicyclic) bond motifs is 1. The first-order valence-electron chi connectivity index (χ1n) is 7.09. The van der Waals surface area contributed by atoms with Crippen LogP contribution in [0.3, 0.4) is 0 Å². The summed E-state index contributed by atoms with van der Waals surface area (Å²) in [4.78, 5) is 12.0. The number of carbonyl (C=O) groups is 1. The molecule has 0 spiro atoms. The van der Waals surface area contributed by atoms with Gasteiger partial charge in [0, 0.05) is 18.1 Å². The molecule has 128 valence electrons. The summed E-state index contributed by atoms with van der Waals surface area (Å²) in [5.41, 5.74) is 7.45. The molecule has 0 radical (unpaired) electrons. The van der Waals surface area contributed by atoms with Crippen molar-refractivity contribution in [3.8, 4) is 5.75 Å². The highest BCUT2D eigenvalue weighted by atomic mass is 35.5. The van der Waals surface area contributed by atoms with Crippen molar-refractivity contribution >= 4 is 29.3 Å². The predicted octanol–water partition coefficient (Wildman–Crippen LogP) is 2.32. The smallest absolute Gasteiger partial charge is 0.239 e. The van der Waals surface area contributed by atoms with E-state index in [4.69, 9.17) is 19.6 Å². The molecule has 6 nitrogen and oxygen atoms in total. The van der Waals surface area contributed by atoms with Crippen LogP contribution < -0.4 is 15.8 Å². The van der Waals surface area contributed by atoms with Crippen molar-refractivity contribution in [2.75, 3.05) is 20.8 Å². The van der Waals surface area contributed by atoms with Crippen LogP contribution in [0.1, 0.15) is 24.3 Å². The molecular weight excluding hydrogens is 320 g/mol. The van der Waals surface area contributed by atoms with Gasteiger partial charge in [0.1, 0.15) is 23.1 Å². The number of nitrogens with two attached hydrogens (primary N) is 1. The lowest BCUT2D eigenvalue weighted by Crippen LogP contribution is -2.44. The first-order valence-corrected chi connectivity index (χ1v) is 7.09. The maximum absolute atomic E-state index is 12.0. The summed E-state index contributed by atoms with van der Waals surface area (Å²) in [5.74, 6) is 1.20. The number of furan rings is 1. The minimum Gasteiger partial charge on any atom is -0.497 e. The highest BCUT2D eigenvalue weighted by Gasteiger charge is 2.21. The third kappa shape index (κ3) is 4.16. The van der Waals surface area contributed by atoms with Crippen LogP contribution in [0, 0.1) is 6.92 Å². The van der Waals surface area contributed by atoms with E-state index in [0.29, 0.717) is 5.76 Å². The second-order valence-electron chi connectivity index (χ2n) is 5.25. The maximum Gasteiger partial charge on any atom is 0.239 e. The van der Waals surface area contributed by atoms with E-state index in [-0.39, 0.29) is 31.0 Å². The van der Waals surface area contributed by atoms with Crippen molar-refractivity contribution in [3.05, 3.63) is 29.5 Å². The van der Waals surface area contributed by atoms with Crippen LogP contribution in [-0.2, 0) is 9.53 Å². The van der Waals surface area contributed by atoms with E-state index >= 15 is 0 Å². The number of hydrogen-bond donors (Lipinski definition) is 2. The van der Waals surface area contributed by atoms with Crippen molar-refractivity contribution in [1.82, 2.24) is 5.32 Å². The minimum absolute atomic E-state index is 0. The van der Waals surface area contributed by atoms with Crippen molar-refractivity contribution in [2.24, 2.45) is 5.73 Å². The van der Waals surface area contributed by atoms with Gasteiger partial charge in [0.2, 0.25) is 5.91 Å². The van der Waals surface area contributed by atoms with Crippen LogP contribution in [0.2, 0.25) is 0 Å². The number of nitrogens with one attached hydrogen (secondary N) is 1. The average Bonchev–Trinajstić information content (AvgIpc) is 2.84. The van der Waals surface area contributed by atoms with Crippen molar-refractivity contribution < 1.29 is 18.7 Å². The number of aryl methyl sites for hydroxylation is 1. The molecule has 2 rings (SSSR count). The largest absolute Gasteiger partial charge is 0.497 e. The average molecular weight is 343 g/mol. The van der Waals surface area contributed by atoms with Gasteiger partial charge >= 0.3 is 0 Å². The Morgan fingerprint density at radius 2 is 2.09 bits per heavy atom. The second-order valence-corrected chi connectivity index (χ2v) is 5.25. The molecule has 0 saturated carbocycles. The van der Waals surface area contributed by atoms with E-state index < -0.39 is 6.04 Å². The molecule has 1 heterocycles. The molecule has 0 aliphatic rings. The quantitative estimate of drug-likeness (QED) is 0.841. The highest BCUT2D eigenvalue weighted by molar-refractivity contribution is 5.85. The molecule has 0 bridgehead atoms. The lowest BCUT2D eigenvalue weighted by Gasteiger charge is -2.16.